The number of halogens is 4. The molecule has 0 bridgehead atoms. The van der Waals surface area contributed by atoms with E-state index in [1.165, 1.54) is 6.20 Å². The maximum Gasteiger partial charge on any atom is 0.337 e. The predicted octanol–water partition coefficient (Wildman–Crippen LogP) is 4.37. The van der Waals surface area contributed by atoms with Gasteiger partial charge in [0.05, 0.1) is 16.3 Å². The van der Waals surface area contributed by atoms with Crippen LogP contribution in [0.3, 0.4) is 0 Å². The van der Waals surface area contributed by atoms with Crippen molar-refractivity contribution in [1.29, 1.82) is 0 Å². The van der Waals surface area contributed by atoms with E-state index in [-0.39, 0.29) is 5.82 Å². The number of hydrogen-bond donors (Lipinski definition) is 2. The molecule has 0 aliphatic heterocycles. The van der Waals surface area contributed by atoms with E-state index in [1.807, 2.05) is 0 Å². The van der Waals surface area contributed by atoms with Crippen LogP contribution in [0.15, 0.2) is 18.3 Å². The van der Waals surface area contributed by atoms with Crippen molar-refractivity contribution in [2.45, 2.75) is 6.92 Å². The standard InChI is InChI=1S/C13H8ClF2IN2O2/c1-5-2-6(17)4-18-12(5)19-11-7(13(20)21)3-8(14)9(15)10(11)16/h2-4H,1H3,(H,18,19)(H,20,21). The Morgan fingerprint density at radius 2 is 2.05 bits per heavy atom. The minimum atomic E-state index is -1.43. The summed E-state index contributed by atoms with van der Waals surface area (Å²) in [4.78, 5) is 15.2. The highest BCUT2D eigenvalue weighted by molar-refractivity contribution is 14.1. The van der Waals surface area contributed by atoms with Crippen molar-refractivity contribution in [3.63, 3.8) is 0 Å². The molecule has 0 aliphatic rings. The summed E-state index contributed by atoms with van der Waals surface area (Å²) in [6, 6.07) is 2.62. The number of hydrogen-bond acceptors (Lipinski definition) is 3. The summed E-state index contributed by atoms with van der Waals surface area (Å²) in [5.41, 5.74) is -0.326. The Morgan fingerprint density at radius 1 is 1.38 bits per heavy atom. The summed E-state index contributed by atoms with van der Waals surface area (Å²) in [5.74, 6) is -3.87. The molecule has 0 saturated heterocycles. The molecule has 0 unspecified atom stereocenters. The average molecular weight is 425 g/mol. The Morgan fingerprint density at radius 3 is 2.62 bits per heavy atom. The van der Waals surface area contributed by atoms with Crippen LogP contribution in [0.5, 0.6) is 0 Å². The summed E-state index contributed by atoms with van der Waals surface area (Å²) < 4.78 is 28.4. The molecule has 0 amide bonds. The third-order valence-corrected chi connectivity index (χ3v) is 3.55. The molecule has 0 aliphatic carbocycles. The molecule has 1 heterocycles. The zero-order valence-corrected chi connectivity index (χ0v) is 13.5. The quantitative estimate of drug-likeness (QED) is 0.567. The van der Waals surface area contributed by atoms with Crippen LogP contribution < -0.4 is 5.32 Å². The lowest BCUT2D eigenvalue weighted by Crippen LogP contribution is -2.09. The van der Waals surface area contributed by atoms with Gasteiger partial charge in [-0.1, -0.05) is 11.6 Å². The van der Waals surface area contributed by atoms with E-state index >= 15 is 0 Å². The van der Waals surface area contributed by atoms with Gasteiger partial charge in [0.25, 0.3) is 0 Å². The molecule has 0 atom stereocenters. The van der Waals surface area contributed by atoms with Gasteiger partial charge in [-0.15, -0.1) is 0 Å². The molecular weight excluding hydrogens is 417 g/mol. The van der Waals surface area contributed by atoms with Crippen molar-refractivity contribution in [3.05, 3.63) is 49.7 Å². The summed E-state index contributed by atoms with van der Waals surface area (Å²) in [7, 11) is 0. The topological polar surface area (TPSA) is 62.2 Å². The first kappa shape index (κ1) is 15.9. The average Bonchev–Trinajstić information content (AvgIpc) is 2.41. The number of aromatic carboxylic acids is 1. The van der Waals surface area contributed by atoms with Gasteiger partial charge in [0, 0.05) is 9.77 Å². The largest absolute Gasteiger partial charge is 0.478 e. The summed E-state index contributed by atoms with van der Waals surface area (Å²) in [5, 5.41) is 11.0. The van der Waals surface area contributed by atoms with Gasteiger partial charge in [0.15, 0.2) is 11.6 Å². The van der Waals surface area contributed by atoms with Crippen LogP contribution in [0, 0.1) is 22.1 Å². The molecule has 0 spiro atoms. The molecule has 1 aromatic heterocycles. The highest BCUT2D eigenvalue weighted by atomic mass is 127. The first-order chi connectivity index (χ1) is 9.81. The number of carboxylic acids is 1. The number of anilines is 2. The monoisotopic (exact) mass is 424 g/mol. The van der Waals surface area contributed by atoms with E-state index in [1.54, 1.807) is 13.0 Å². The fraction of sp³-hybridized carbons (Fsp3) is 0.0769. The summed E-state index contributed by atoms with van der Waals surface area (Å²) in [6.07, 6.45) is 1.51. The molecule has 110 valence electrons. The van der Waals surface area contributed by atoms with Crippen LogP contribution in [0.25, 0.3) is 0 Å². The predicted molar refractivity (Wildman–Crippen MR) is 83.3 cm³/mol. The van der Waals surface area contributed by atoms with E-state index in [0.29, 0.717) is 5.56 Å². The highest BCUT2D eigenvalue weighted by Crippen LogP contribution is 2.31. The van der Waals surface area contributed by atoms with Crippen LogP contribution in [0.1, 0.15) is 15.9 Å². The lowest BCUT2D eigenvalue weighted by atomic mass is 10.1. The summed E-state index contributed by atoms with van der Waals surface area (Å²) in [6.45, 7) is 1.71. The fourth-order valence-electron chi connectivity index (χ4n) is 1.68. The Labute approximate surface area is 137 Å². The van der Waals surface area contributed by atoms with Crippen molar-refractivity contribution in [2.24, 2.45) is 0 Å². The Kier molecular flexibility index (Phi) is 4.62. The zero-order valence-electron chi connectivity index (χ0n) is 10.5. The number of carbonyl (C=O) groups is 1. The van der Waals surface area contributed by atoms with E-state index < -0.39 is 33.9 Å². The lowest BCUT2D eigenvalue weighted by Gasteiger charge is -2.13. The van der Waals surface area contributed by atoms with E-state index in [4.69, 9.17) is 16.7 Å². The Balaban J connectivity index is 2.57. The van der Waals surface area contributed by atoms with Crippen molar-refractivity contribution < 1.29 is 18.7 Å². The number of benzene rings is 1. The molecule has 2 N–H and O–H groups in total. The molecule has 4 nitrogen and oxygen atoms in total. The molecule has 0 saturated carbocycles. The summed E-state index contributed by atoms with van der Waals surface area (Å²) >= 11 is 7.52. The number of nitrogens with one attached hydrogen (secondary N) is 1. The van der Waals surface area contributed by atoms with Gasteiger partial charge in [-0.25, -0.2) is 18.6 Å². The molecule has 2 rings (SSSR count). The molecular formula is C13H8ClF2IN2O2. The minimum Gasteiger partial charge on any atom is -0.478 e. The molecule has 21 heavy (non-hydrogen) atoms. The van der Waals surface area contributed by atoms with Gasteiger partial charge in [0.1, 0.15) is 5.82 Å². The van der Waals surface area contributed by atoms with Gasteiger partial charge >= 0.3 is 5.97 Å². The number of carboxylic acid groups (broad SMARTS) is 1. The third-order valence-electron chi connectivity index (χ3n) is 2.68. The number of nitrogens with zero attached hydrogens (tertiary/aromatic N) is 1. The van der Waals surface area contributed by atoms with E-state index in [9.17, 15) is 13.6 Å². The second-order valence-corrected chi connectivity index (χ2v) is 5.81. The van der Waals surface area contributed by atoms with Crippen LogP contribution in [0.4, 0.5) is 20.3 Å². The van der Waals surface area contributed by atoms with Crippen molar-refractivity contribution in [2.75, 3.05) is 5.32 Å². The second kappa shape index (κ2) is 6.10. The highest BCUT2D eigenvalue weighted by Gasteiger charge is 2.22. The van der Waals surface area contributed by atoms with Crippen LogP contribution in [-0.2, 0) is 0 Å². The smallest absolute Gasteiger partial charge is 0.337 e. The SMILES string of the molecule is Cc1cc(I)cnc1Nc1c(C(=O)O)cc(Cl)c(F)c1F. The van der Waals surface area contributed by atoms with Gasteiger partial charge < -0.3 is 10.4 Å². The van der Waals surface area contributed by atoms with Crippen molar-refractivity contribution in [1.82, 2.24) is 4.98 Å². The van der Waals surface area contributed by atoms with Gasteiger partial charge in [-0.05, 0) is 47.2 Å². The van der Waals surface area contributed by atoms with Crippen LogP contribution in [0.2, 0.25) is 5.02 Å². The van der Waals surface area contributed by atoms with Crippen molar-refractivity contribution in [3.8, 4) is 0 Å². The van der Waals surface area contributed by atoms with E-state index in [0.717, 1.165) is 9.64 Å². The number of rotatable bonds is 3. The molecule has 0 radical (unpaired) electrons. The molecule has 8 heteroatoms. The first-order valence-electron chi connectivity index (χ1n) is 5.61. The zero-order chi connectivity index (χ0) is 15.7. The number of aryl methyl sites for hydroxylation is 1. The maximum atomic E-state index is 14.0. The normalized spacial score (nSPS) is 10.5. The second-order valence-electron chi connectivity index (χ2n) is 4.16. The lowest BCUT2D eigenvalue weighted by molar-refractivity contribution is 0.0697. The first-order valence-corrected chi connectivity index (χ1v) is 7.07. The third kappa shape index (κ3) is 3.24. The van der Waals surface area contributed by atoms with Crippen molar-refractivity contribution >= 4 is 51.7 Å². The van der Waals surface area contributed by atoms with Gasteiger partial charge in [0.2, 0.25) is 0 Å². The van der Waals surface area contributed by atoms with Gasteiger partial charge in [-0.2, -0.15) is 0 Å². The maximum absolute atomic E-state index is 14.0. The Hall–Kier alpha value is -1.48. The molecule has 1 aromatic carbocycles. The minimum absolute atomic E-state index is 0.235. The van der Waals surface area contributed by atoms with E-state index in [2.05, 4.69) is 32.9 Å². The Bertz CT molecular complexity index is 741. The number of pyridine rings is 1. The molecule has 0 fully saturated rings. The fourth-order valence-corrected chi connectivity index (χ4v) is 2.47. The molecule has 2 aromatic rings. The number of aromatic nitrogens is 1. The van der Waals surface area contributed by atoms with Crippen LogP contribution >= 0.6 is 34.2 Å². The van der Waals surface area contributed by atoms with Gasteiger partial charge in [-0.3, -0.25) is 0 Å². The van der Waals surface area contributed by atoms with Crippen LogP contribution in [-0.4, -0.2) is 16.1 Å².